The Morgan fingerprint density at radius 3 is 2.44 bits per heavy atom. The monoisotopic (exact) mass is 576 g/mol. The Balaban J connectivity index is 1.53. The summed E-state index contributed by atoms with van der Waals surface area (Å²) < 4.78 is 17.7. The molecule has 1 aromatic carbocycles. The quantitative estimate of drug-likeness (QED) is 0.113. The molecule has 1 fully saturated rings. The number of hydrogen-bond acceptors (Lipinski definition) is 9. The van der Waals surface area contributed by atoms with Crippen LogP contribution >= 0.6 is 0 Å². The number of amides is 2. The Kier molecular flexibility index (Phi) is 14.1. The number of ether oxygens (including phenoxy) is 3. The molecule has 5 atom stereocenters. The van der Waals surface area contributed by atoms with Gasteiger partial charge in [-0.15, -0.1) is 0 Å². The van der Waals surface area contributed by atoms with E-state index in [0.29, 0.717) is 32.2 Å². The van der Waals surface area contributed by atoms with Crippen LogP contribution < -0.4 is 15.1 Å². The molecule has 2 rings (SSSR count). The fraction of sp³-hybridized carbons (Fsp3) is 0.625. The molecule has 202 valence electrons. The van der Waals surface area contributed by atoms with Gasteiger partial charge in [0.1, 0.15) is 24.4 Å². The largest absolute Gasteiger partial charge is 0.394 e. The molecular weight excluding hydrogens is 539 g/mol. The van der Waals surface area contributed by atoms with Gasteiger partial charge >= 0.3 is 132 Å². The summed E-state index contributed by atoms with van der Waals surface area (Å²) in [5.41, 5.74) is 0. The second kappa shape index (κ2) is 16.8. The minimum absolute atomic E-state index is 0.0637. The second-order valence-electron chi connectivity index (χ2n) is 8.26. The van der Waals surface area contributed by atoms with Crippen LogP contribution in [0.4, 0.5) is 0 Å². The number of hydrogen-bond donors (Lipinski definition) is 5. The minimum Gasteiger partial charge on any atom is -0.394 e. The molecule has 0 unspecified atom stereocenters. The van der Waals surface area contributed by atoms with Gasteiger partial charge in [-0.05, 0) is 0 Å². The molecule has 1 heterocycles. The second-order valence-corrected chi connectivity index (χ2v) is 10.6. The van der Waals surface area contributed by atoms with Crippen LogP contribution in [0.5, 0.6) is 0 Å². The molecule has 0 aliphatic carbocycles. The first-order valence-corrected chi connectivity index (χ1v) is 13.6. The summed E-state index contributed by atoms with van der Waals surface area (Å²) in [5.74, 6) is -0.537. The molecule has 2 amide bonds. The smallest absolute Gasteiger partial charge is 0.112 e. The van der Waals surface area contributed by atoms with Crippen molar-refractivity contribution < 1.29 is 43.9 Å². The first-order valence-electron chi connectivity index (χ1n) is 11.9. The summed E-state index contributed by atoms with van der Waals surface area (Å²) >= 11 is -0.180. The van der Waals surface area contributed by atoms with Gasteiger partial charge in [0.15, 0.2) is 6.29 Å². The van der Waals surface area contributed by atoms with Crippen LogP contribution in [0.1, 0.15) is 32.6 Å². The topological polar surface area (TPSA) is 164 Å². The van der Waals surface area contributed by atoms with Crippen molar-refractivity contribution in [2.75, 3.05) is 33.0 Å². The van der Waals surface area contributed by atoms with Gasteiger partial charge in [0, 0.05) is 6.92 Å². The van der Waals surface area contributed by atoms with E-state index in [2.05, 4.69) is 10.6 Å². The molecule has 1 aliphatic rings. The number of carbonyl (C=O) groups excluding carboxylic acids is 3. The van der Waals surface area contributed by atoms with Gasteiger partial charge in [0.2, 0.25) is 5.91 Å². The van der Waals surface area contributed by atoms with Crippen molar-refractivity contribution >= 4 is 35.9 Å². The molecule has 0 spiro atoms. The van der Waals surface area contributed by atoms with Crippen LogP contribution in [-0.2, 0) is 28.6 Å². The zero-order valence-electron chi connectivity index (χ0n) is 20.3. The van der Waals surface area contributed by atoms with Crippen molar-refractivity contribution in [2.45, 2.75) is 63.3 Å². The molecule has 1 saturated heterocycles. The maximum absolute atomic E-state index is 12.0. The van der Waals surface area contributed by atoms with Crippen LogP contribution in [0, 0.1) is 0 Å². The van der Waals surface area contributed by atoms with Gasteiger partial charge in [0.25, 0.3) is 0 Å². The zero-order valence-corrected chi connectivity index (χ0v) is 22.0. The Labute approximate surface area is 217 Å². The van der Waals surface area contributed by atoms with Crippen molar-refractivity contribution in [2.24, 2.45) is 0 Å². The number of nitrogens with one attached hydrogen (secondary N) is 2. The summed E-state index contributed by atoms with van der Waals surface area (Å²) in [6, 6.07) is 8.66. The van der Waals surface area contributed by atoms with Gasteiger partial charge in [-0.25, -0.2) is 0 Å². The van der Waals surface area contributed by atoms with Crippen molar-refractivity contribution in [3.63, 3.8) is 0 Å². The van der Waals surface area contributed by atoms with Crippen LogP contribution in [-0.4, -0.2) is 110 Å². The summed E-state index contributed by atoms with van der Waals surface area (Å²) in [7, 11) is 0. The van der Waals surface area contributed by atoms with E-state index in [0.717, 1.165) is 4.46 Å². The minimum atomic E-state index is -1.37. The first kappa shape index (κ1) is 30.3. The van der Waals surface area contributed by atoms with E-state index in [1.54, 1.807) is 0 Å². The summed E-state index contributed by atoms with van der Waals surface area (Å²) in [5, 5.41) is 34.8. The van der Waals surface area contributed by atoms with Gasteiger partial charge in [-0.2, -0.15) is 0 Å². The molecular formula is C24H36N2O9Se. The SMILES string of the molecule is CC(=O)N[C@H]1[C@@H](OCCOCCNC(=O)CCCCC(=O)[Se]c2ccccc2)O[C@H](CO)[C@H](O)[C@@H]1O. The van der Waals surface area contributed by atoms with Crippen molar-refractivity contribution in [3.8, 4) is 0 Å². The fourth-order valence-electron chi connectivity index (χ4n) is 3.52. The van der Waals surface area contributed by atoms with E-state index in [1.807, 2.05) is 30.3 Å². The first-order chi connectivity index (χ1) is 17.3. The van der Waals surface area contributed by atoms with Gasteiger partial charge in [0.05, 0.1) is 6.61 Å². The van der Waals surface area contributed by atoms with E-state index in [1.165, 1.54) is 6.92 Å². The number of benzene rings is 1. The van der Waals surface area contributed by atoms with Gasteiger partial charge in [-0.1, -0.05) is 0 Å². The average Bonchev–Trinajstić information content (AvgIpc) is 2.85. The molecule has 1 aromatic rings. The Bertz CT molecular complexity index is 814. The molecule has 1 aliphatic heterocycles. The molecule has 5 N–H and O–H groups in total. The van der Waals surface area contributed by atoms with Crippen molar-refractivity contribution in [3.05, 3.63) is 30.3 Å². The number of aliphatic hydroxyl groups excluding tert-OH is 3. The number of carbonyl (C=O) groups is 3. The van der Waals surface area contributed by atoms with Gasteiger partial charge < -0.3 is 30.1 Å². The van der Waals surface area contributed by atoms with Gasteiger partial charge in [-0.3, -0.25) is 4.79 Å². The summed E-state index contributed by atoms with van der Waals surface area (Å²) in [6.07, 6.45) is -2.72. The summed E-state index contributed by atoms with van der Waals surface area (Å²) in [6.45, 7) is 1.55. The number of unbranched alkanes of at least 4 members (excludes halogenated alkanes) is 1. The number of aliphatic hydroxyl groups is 3. The molecule has 36 heavy (non-hydrogen) atoms. The van der Waals surface area contributed by atoms with Crippen LogP contribution in [0.15, 0.2) is 30.3 Å². The maximum atomic E-state index is 12.0. The average molecular weight is 576 g/mol. The Morgan fingerprint density at radius 2 is 1.75 bits per heavy atom. The predicted molar refractivity (Wildman–Crippen MR) is 130 cm³/mol. The van der Waals surface area contributed by atoms with Crippen LogP contribution in [0.3, 0.4) is 0 Å². The maximum Gasteiger partial charge on any atom is 0.112 e. The molecule has 0 saturated carbocycles. The van der Waals surface area contributed by atoms with E-state index < -0.39 is 43.2 Å². The van der Waals surface area contributed by atoms with E-state index in [9.17, 15) is 29.7 Å². The van der Waals surface area contributed by atoms with E-state index in [4.69, 9.17) is 14.2 Å². The molecule has 0 aromatic heterocycles. The zero-order chi connectivity index (χ0) is 26.3. The Morgan fingerprint density at radius 1 is 1.03 bits per heavy atom. The predicted octanol–water partition coefficient (Wildman–Crippen LogP) is -1.80. The molecule has 0 radical (unpaired) electrons. The van der Waals surface area contributed by atoms with E-state index >= 15 is 0 Å². The standard InChI is InChI=1S/C24H36N2O9Se/c1-16(28)26-21-23(32)22(31)18(15-27)35-24(21)34-14-13-33-12-11-25-19(29)9-5-6-10-20(30)36-17-7-3-2-4-8-17/h2-4,7-8,18,21-24,27,31-32H,5-6,9-15H2,1H3,(H,25,29)(H,26,28)/t18-,21-,22+,23-,24+/m1/s1. The molecule has 11 nitrogen and oxygen atoms in total. The van der Waals surface area contributed by atoms with Crippen molar-refractivity contribution in [1.29, 1.82) is 0 Å². The molecule has 0 bridgehead atoms. The third kappa shape index (κ3) is 11.0. The van der Waals surface area contributed by atoms with Crippen LogP contribution in [0.2, 0.25) is 0 Å². The van der Waals surface area contributed by atoms with Crippen LogP contribution in [0.25, 0.3) is 0 Å². The van der Waals surface area contributed by atoms with Crippen molar-refractivity contribution in [1.82, 2.24) is 10.6 Å². The summed E-state index contributed by atoms with van der Waals surface area (Å²) in [4.78, 5) is 35.4. The third-order valence-corrected chi connectivity index (χ3v) is 7.31. The Hall–Kier alpha value is -1.89. The molecule has 12 heteroatoms. The van der Waals surface area contributed by atoms with E-state index in [-0.39, 0.29) is 45.4 Å². The third-order valence-electron chi connectivity index (χ3n) is 5.34. The number of rotatable bonds is 16. The normalized spacial score (nSPS) is 23.7. The fourth-order valence-corrected chi connectivity index (χ4v) is 5.20.